The van der Waals surface area contributed by atoms with E-state index >= 15 is 0 Å². The van der Waals surface area contributed by atoms with E-state index in [-0.39, 0.29) is 24.1 Å². The van der Waals surface area contributed by atoms with Crippen LogP contribution in [0.1, 0.15) is 12.0 Å². The third-order valence-corrected chi connectivity index (χ3v) is 3.29. The molecular formula is C12H13N5O3. The van der Waals surface area contributed by atoms with Crippen molar-refractivity contribution in [3.63, 3.8) is 0 Å². The lowest BCUT2D eigenvalue weighted by molar-refractivity contribution is -0.384. The minimum atomic E-state index is -0.465. The highest BCUT2D eigenvalue weighted by atomic mass is 16.6. The molecule has 8 nitrogen and oxygen atoms in total. The van der Waals surface area contributed by atoms with Crippen LogP contribution in [0, 0.1) is 23.0 Å². The number of carbonyl (C=O) groups is 1. The number of anilines is 1. The number of hydrogen-bond acceptors (Lipinski definition) is 4. The first-order valence-corrected chi connectivity index (χ1v) is 6.09. The van der Waals surface area contributed by atoms with Crippen LogP contribution in [0.15, 0.2) is 23.3 Å². The minimum Gasteiger partial charge on any atom is -0.312 e. The van der Waals surface area contributed by atoms with Gasteiger partial charge in [0.2, 0.25) is 5.91 Å². The minimum absolute atomic E-state index is 0.00327. The Hall–Kier alpha value is -2.60. The highest BCUT2D eigenvalue weighted by Gasteiger charge is 2.31. The smallest absolute Gasteiger partial charge is 0.269 e. The van der Waals surface area contributed by atoms with E-state index in [0.29, 0.717) is 24.2 Å². The molecule has 1 unspecified atom stereocenters. The first-order chi connectivity index (χ1) is 9.52. The molecule has 0 saturated carbocycles. The fraction of sp³-hybridized carbons (Fsp3) is 0.417. The van der Waals surface area contributed by atoms with Gasteiger partial charge in [0.15, 0.2) is 0 Å². The summed E-state index contributed by atoms with van der Waals surface area (Å²) < 4.78 is 0. The maximum absolute atomic E-state index is 12.0. The number of rotatable bonds is 4. The van der Waals surface area contributed by atoms with Gasteiger partial charge in [-0.05, 0) is 30.0 Å². The average Bonchev–Trinajstić information content (AvgIpc) is 2.77. The summed E-state index contributed by atoms with van der Waals surface area (Å²) in [6.45, 7) is 2.48. The molecule has 0 aliphatic carbocycles. The zero-order valence-electron chi connectivity index (χ0n) is 10.9. The van der Waals surface area contributed by atoms with E-state index in [1.165, 1.54) is 12.1 Å². The first-order valence-electron chi connectivity index (χ1n) is 6.09. The number of non-ortho nitro benzene ring substituents is 1. The van der Waals surface area contributed by atoms with Gasteiger partial charge in [0.05, 0.1) is 4.92 Å². The summed E-state index contributed by atoms with van der Waals surface area (Å²) in [6.07, 6.45) is 0.329. The monoisotopic (exact) mass is 275 g/mol. The van der Waals surface area contributed by atoms with E-state index in [2.05, 4.69) is 10.0 Å². The van der Waals surface area contributed by atoms with E-state index in [1.807, 2.05) is 0 Å². The molecule has 1 aromatic carbocycles. The number of nitro benzene ring substituents is 1. The molecule has 1 aromatic rings. The summed E-state index contributed by atoms with van der Waals surface area (Å²) in [7, 11) is 0. The highest BCUT2D eigenvalue weighted by molar-refractivity contribution is 5.96. The summed E-state index contributed by atoms with van der Waals surface area (Å²) in [5.74, 6) is -0.0620. The SMILES string of the molecule is Cc1cc([N+](=O)[O-])ccc1N1CC(CN=[N+]=[N-])CC1=O. The zero-order chi connectivity index (χ0) is 14.7. The standard InChI is InChI=1S/C12H13N5O3/c1-8-4-10(17(19)20)2-3-11(8)16-7-9(5-12(16)18)6-14-15-13/h2-4,9H,5-7H2,1H3. The van der Waals surface area contributed by atoms with Crippen LogP contribution in [0.4, 0.5) is 11.4 Å². The molecule has 104 valence electrons. The predicted molar refractivity (Wildman–Crippen MR) is 72.3 cm³/mol. The van der Waals surface area contributed by atoms with Crippen LogP contribution < -0.4 is 4.90 Å². The van der Waals surface area contributed by atoms with Gasteiger partial charge >= 0.3 is 0 Å². The van der Waals surface area contributed by atoms with Crippen LogP contribution in [0.2, 0.25) is 0 Å². The average molecular weight is 275 g/mol. The van der Waals surface area contributed by atoms with Crippen molar-refractivity contribution in [2.45, 2.75) is 13.3 Å². The van der Waals surface area contributed by atoms with Crippen LogP contribution in [0.5, 0.6) is 0 Å². The molecule has 0 radical (unpaired) electrons. The molecule has 20 heavy (non-hydrogen) atoms. The van der Waals surface area contributed by atoms with Crippen LogP contribution in [0.3, 0.4) is 0 Å². The Balaban J connectivity index is 2.21. The number of nitro groups is 1. The Kier molecular flexibility index (Phi) is 3.86. The molecule has 1 saturated heterocycles. The van der Waals surface area contributed by atoms with Crippen molar-refractivity contribution >= 4 is 17.3 Å². The molecule has 1 fully saturated rings. The van der Waals surface area contributed by atoms with Crippen molar-refractivity contribution in [1.82, 2.24) is 0 Å². The number of carbonyl (C=O) groups excluding carboxylic acids is 1. The Labute approximate surface area is 114 Å². The van der Waals surface area contributed by atoms with Crippen molar-refractivity contribution in [3.8, 4) is 0 Å². The zero-order valence-corrected chi connectivity index (χ0v) is 10.9. The maximum Gasteiger partial charge on any atom is 0.269 e. The lowest BCUT2D eigenvalue weighted by Gasteiger charge is -2.18. The van der Waals surface area contributed by atoms with Crippen molar-refractivity contribution in [3.05, 3.63) is 44.3 Å². The Morgan fingerprint density at radius 3 is 2.95 bits per heavy atom. The molecule has 0 aromatic heterocycles. The first kappa shape index (κ1) is 13.8. The second kappa shape index (κ2) is 5.58. The second-order valence-corrected chi connectivity index (χ2v) is 4.72. The Morgan fingerprint density at radius 1 is 1.60 bits per heavy atom. The van der Waals surface area contributed by atoms with Gasteiger partial charge in [-0.15, -0.1) is 0 Å². The lowest BCUT2D eigenvalue weighted by Crippen LogP contribution is -2.25. The van der Waals surface area contributed by atoms with Crippen LogP contribution in [-0.2, 0) is 4.79 Å². The van der Waals surface area contributed by atoms with Gasteiger partial charge in [-0.3, -0.25) is 14.9 Å². The van der Waals surface area contributed by atoms with Crippen molar-refractivity contribution in [2.24, 2.45) is 11.0 Å². The molecule has 1 aliphatic heterocycles. The number of aryl methyl sites for hydroxylation is 1. The van der Waals surface area contributed by atoms with E-state index < -0.39 is 4.92 Å². The Morgan fingerprint density at radius 2 is 2.35 bits per heavy atom. The number of benzene rings is 1. The normalized spacial score (nSPS) is 17.9. The second-order valence-electron chi connectivity index (χ2n) is 4.72. The van der Waals surface area contributed by atoms with E-state index in [4.69, 9.17) is 5.53 Å². The summed E-state index contributed by atoms with van der Waals surface area (Å²) in [6, 6.07) is 4.42. The van der Waals surface area contributed by atoms with Gasteiger partial charge in [0.25, 0.3) is 5.69 Å². The summed E-state index contributed by atoms with van der Waals surface area (Å²) in [4.78, 5) is 26.5. The number of azide groups is 1. The number of nitrogens with zero attached hydrogens (tertiary/aromatic N) is 5. The van der Waals surface area contributed by atoms with Gasteiger partial charge in [-0.25, -0.2) is 0 Å². The largest absolute Gasteiger partial charge is 0.312 e. The van der Waals surface area contributed by atoms with E-state index in [9.17, 15) is 14.9 Å². The van der Waals surface area contributed by atoms with Crippen LogP contribution in [-0.4, -0.2) is 23.9 Å². The molecule has 1 aliphatic rings. The summed E-state index contributed by atoms with van der Waals surface area (Å²) in [5.41, 5.74) is 9.65. The molecule has 0 N–H and O–H groups in total. The molecule has 1 heterocycles. The topological polar surface area (TPSA) is 112 Å². The quantitative estimate of drug-likeness (QED) is 0.276. The molecular weight excluding hydrogens is 262 g/mol. The van der Waals surface area contributed by atoms with Gasteiger partial charge in [-0.1, -0.05) is 5.11 Å². The van der Waals surface area contributed by atoms with Gasteiger partial charge in [0.1, 0.15) is 0 Å². The molecule has 0 bridgehead atoms. The third-order valence-electron chi connectivity index (χ3n) is 3.29. The predicted octanol–water partition coefficient (Wildman–Crippen LogP) is 2.57. The molecule has 1 atom stereocenters. The summed E-state index contributed by atoms with van der Waals surface area (Å²) in [5, 5.41) is 14.2. The van der Waals surface area contributed by atoms with Crippen molar-refractivity contribution in [2.75, 3.05) is 18.0 Å². The van der Waals surface area contributed by atoms with Gasteiger partial charge in [-0.2, -0.15) is 0 Å². The number of hydrogen-bond donors (Lipinski definition) is 0. The highest BCUT2D eigenvalue weighted by Crippen LogP contribution is 2.30. The summed E-state index contributed by atoms with van der Waals surface area (Å²) >= 11 is 0. The fourth-order valence-electron chi connectivity index (χ4n) is 2.34. The lowest BCUT2D eigenvalue weighted by atomic mass is 10.1. The molecule has 1 amide bonds. The van der Waals surface area contributed by atoms with Crippen LogP contribution >= 0.6 is 0 Å². The van der Waals surface area contributed by atoms with Gasteiger partial charge < -0.3 is 4.90 Å². The third kappa shape index (κ3) is 2.70. The maximum atomic E-state index is 12.0. The fourth-order valence-corrected chi connectivity index (χ4v) is 2.34. The van der Waals surface area contributed by atoms with Crippen molar-refractivity contribution < 1.29 is 9.72 Å². The van der Waals surface area contributed by atoms with Crippen LogP contribution in [0.25, 0.3) is 10.4 Å². The molecule has 2 rings (SSSR count). The van der Waals surface area contributed by atoms with E-state index in [1.54, 1.807) is 17.9 Å². The Bertz CT molecular complexity index is 609. The molecule has 0 spiro atoms. The number of amides is 1. The van der Waals surface area contributed by atoms with Crippen molar-refractivity contribution in [1.29, 1.82) is 0 Å². The van der Waals surface area contributed by atoms with E-state index in [0.717, 1.165) is 0 Å². The molecule has 8 heteroatoms. The van der Waals surface area contributed by atoms with Gasteiger partial charge in [0, 0.05) is 42.2 Å².